The van der Waals surface area contributed by atoms with E-state index in [1.807, 2.05) is 45.0 Å². The largest absolute Gasteiger partial charge is 0.493 e. The maximum atomic E-state index is 12.0. The molecule has 1 aliphatic rings. The Morgan fingerprint density at radius 1 is 1.13 bits per heavy atom. The third-order valence-electron chi connectivity index (χ3n) is 4.72. The van der Waals surface area contributed by atoms with E-state index in [1.165, 1.54) is 0 Å². The summed E-state index contributed by atoms with van der Waals surface area (Å²) in [6.45, 7) is 13.2. The number of nitrogens with zero attached hydrogens (tertiary/aromatic N) is 3. The summed E-state index contributed by atoms with van der Waals surface area (Å²) in [5.74, 6) is 2.42. The van der Waals surface area contributed by atoms with Crippen LogP contribution in [0.25, 0.3) is 0 Å². The molecule has 0 bridgehead atoms. The fraction of sp³-hybridized carbons (Fsp3) is 0.636. The van der Waals surface area contributed by atoms with Gasteiger partial charge < -0.3 is 25.0 Å². The van der Waals surface area contributed by atoms with Crippen LogP contribution in [-0.2, 0) is 4.79 Å². The summed E-state index contributed by atoms with van der Waals surface area (Å²) in [7, 11) is 1.64. The Hall–Kier alpha value is -2.48. The third-order valence-corrected chi connectivity index (χ3v) is 4.72. The average Bonchev–Trinajstić information content (AvgIpc) is 2.71. The predicted octanol–water partition coefficient (Wildman–Crippen LogP) is 1.57. The van der Waals surface area contributed by atoms with Crippen LogP contribution in [0.1, 0.15) is 27.7 Å². The molecule has 2 N–H and O–H groups in total. The van der Waals surface area contributed by atoms with E-state index < -0.39 is 0 Å². The van der Waals surface area contributed by atoms with Crippen LogP contribution in [0.15, 0.2) is 29.3 Å². The number of benzene rings is 1. The zero-order chi connectivity index (χ0) is 21.9. The van der Waals surface area contributed by atoms with Crippen molar-refractivity contribution >= 4 is 11.9 Å². The van der Waals surface area contributed by atoms with Gasteiger partial charge in [0.15, 0.2) is 17.5 Å². The van der Waals surface area contributed by atoms with Crippen molar-refractivity contribution in [3.8, 4) is 11.5 Å². The molecular weight excluding hydrogens is 382 g/mol. The zero-order valence-electron chi connectivity index (χ0n) is 19.0. The lowest BCUT2D eigenvalue weighted by molar-refractivity contribution is -0.123. The van der Waals surface area contributed by atoms with Gasteiger partial charge in [-0.3, -0.25) is 9.69 Å². The molecule has 30 heavy (non-hydrogen) atoms. The first-order valence-electron chi connectivity index (χ1n) is 10.8. The summed E-state index contributed by atoms with van der Waals surface area (Å²) in [6, 6.07) is 7.81. The first-order chi connectivity index (χ1) is 14.4. The van der Waals surface area contributed by atoms with E-state index >= 15 is 0 Å². The lowest BCUT2D eigenvalue weighted by Gasteiger charge is -2.36. The van der Waals surface area contributed by atoms with Gasteiger partial charge >= 0.3 is 0 Å². The van der Waals surface area contributed by atoms with Gasteiger partial charge in [-0.2, -0.15) is 0 Å². The molecule has 1 heterocycles. The van der Waals surface area contributed by atoms with Gasteiger partial charge in [-0.05, 0) is 39.8 Å². The molecular formula is C22H37N5O3. The van der Waals surface area contributed by atoms with E-state index in [-0.39, 0.29) is 18.1 Å². The second-order valence-corrected chi connectivity index (χ2v) is 7.76. The summed E-state index contributed by atoms with van der Waals surface area (Å²) in [5, 5.41) is 6.33. The molecule has 1 unspecified atom stereocenters. The Kier molecular flexibility index (Phi) is 9.73. The fourth-order valence-corrected chi connectivity index (χ4v) is 3.30. The number of methoxy groups -OCH3 is 1. The van der Waals surface area contributed by atoms with Crippen molar-refractivity contribution in [2.24, 2.45) is 4.99 Å². The van der Waals surface area contributed by atoms with Crippen LogP contribution in [0.5, 0.6) is 11.5 Å². The van der Waals surface area contributed by atoms with Crippen molar-refractivity contribution in [3.63, 3.8) is 0 Å². The van der Waals surface area contributed by atoms with Gasteiger partial charge in [0.1, 0.15) is 6.10 Å². The van der Waals surface area contributed by atoms with Gasteiger partial charge in [-0.1, -0.05) is 12.1 Å². The number of hydrogen-bond donors (Lipinski definition) is 2. The van der Waals surface area contributed by atoms with Crippen molar-refractivity contribution in [1.82, 2.24) is 20.4 Å². The molecule has 0 saturated carbocycles. The standard InChI is InChI=1S/C22H37N5O3/c1-6-23-22(24-15-18(4)30-20-10-8-7-9-19(20)29-5)27-13-11-26(12-14-27)16-21(28)25-17(2)3/h7-10,17-18H,6,11-16H2,1-5H3,(H,23,24)(H,25,28). The monoisotopic (exact) mass is 419 g/mol. The lowest BCUT2D eigenvalue weighted by atomic mass is 10.3. The van der Waals surface area contributed by atoms with Crippen molar-refractivity contribution < 1.29 is 14.3 Å². The maximum absolute atomic E-state index is 12.0. The van der Waals surface area contributed by atoms with E-state index in [0.29, 0.717) is 13.1 Å². The fourth-order valence-electron chi connectivity index (χ4n) is 3.30. The van der Waals surface area contributed by atoms with Gasteiger partial charge in [-0.25, -0.2) is 4.99 Å². The minimum atomic E-state index is -0.0871. The van der Waals surface area contributed by atoms with Crippen molar-refractivity contribution in [2.75, 3.05) is 52.9 Å². The second-order valence-electron chi connectivity index (χ2n) is 7.76. The van der Waals surface area contributed by atoms with E-state index in [1.54, 1.807) is 7.11 Å². The molecule has 168 valence electrons. The summed E-state index contributed by atoms with van der Waals surface area (Å²) in [4.78, 5) is 21.2. The Balaban J connectivity index is 1.87. The molecule has 2 rings (SSSR count). The number of para-hydroxylation sites is 2. The minimum absolute atomic E-state index is 0.0846. The number of hydrogen-bond acceptors (Lipinski definition) is 5. The van der Waals surface area contributed by atoms with Crippen molar-refractivity contribution in [1.29, 1.82) is 0 Å². The summed E-state index contributed by atoms with van der Waals surface area (Å²) in [6.07, 6.45) is -0.0871. The van der Waals surface area contributed by atoms with E-state index in [9.17, 15) is 4.79 Å². The normalized spacial score (nSPS) is 16.3. The lowest BCUT2D eigenvalue weighted by Crippen LogP contribution is -2.54. The molecule has 8 heteroatoms. The molecule has 0 aromatic heterocycles. The van der Waals surface area contributed by atoms with Gasteiger partial charge in [0.25, 0.3) is 0 Å². The molecule has 1 amide bonds. The molecule has 0 spiro atoms. The first-order valence-corrected chi connectivity index (χ1v) is 10.8. The van der Waals surface area contributed by atoms with Crippen LogP contribution in [0.4, 0.5) is 0 Å². The Labute approximate surface area is 180 Å². The average molecular weight is 420 g/mol. The van der Waals surface area contributed by atoms with Gasteiger partial charge in [0.2, 0.25) is 5.91 Å². The maximum Gasteiger partial charge on any atom is 0.234 e. The number of rotatable bonds is 9. The SMILES string of the molecule is CCNC(=NCC(C)Oc1ccccc1OC)N1CCN(CC(=O)NC(C)C)CC1. The van der Waals surface area contributed by atoms with Crippen LogP contribution in [0.3, 0.4) is 0 Å². The van der Waals surface area contributed by atoms with E-state index in [0.717, 1.165) is 50.2 Å². The highest BCUT2D eigenvalue weighted by molar-refractivity contribution is 5.80. The molecule has 1 saturated heterocycles. The smallest absolute Gasteiger partial charge is 0.234 e. The number of ether oxygens (including phenoxy) is 2. The molecule has 1 fully saturated rings. The molecule has 1 aliphatic heterocycles. The quantitative estimate of drug-likeness (QED) is 0.467. The Morgan fingerprint density at radius 2 is 1.80 bits per heavy atom. The Morgan fingerprint density at radius 3 is 2.40 bits per heavy atom. The Bertz CT molecular complexity index is 687. The van der Waals surface area contributed by atoms with Gasteiger partial charge in [0.05, 0.1) is 20.2 Å². The van der Waals surface area contributed by atoms with Crippen LogP contribution >= 0.6 is 0 Å². The van der Waals surface area contributed by atoms with Crippen molar-refractivity contribution in [2.45, 2.75) is 39.8 Å². The van der Waals surface area contributed by atoms with Crippen LogP contribution < -0.4 is 20.1 Å². The number of carbonyl (C=O) groups excluding carboxylic acids is 1. The second kappa shape index (κ2) is 12.3. The number of aliphatic imine (C=N–C) groups is 1. The molecule has 0 aliphatic carbocycles. The highest BCUT2D eigenvalue weighted by Crippen LogP contribution is 2.26. The first kappa shape index (κ1) is 23.8. The number of piperazine rings is 1. The number of guanidine groups is 1. The zero-order valence-corrected chi connectivity index (χ0v) is 19.0. The number of carbonyl (C=O) groups is 1. The van der Waals surface area contributed by atoms with E-state index in [2.05, 4.69) is 27.4 Å². The molecule has 1 aromatic carbocycles. The van der Waals surface area contributed by atoms with Crippen LogP contribution in [0.2, 0.25) is 0 Å². The van der Waals surface area contributed by atoms with Gasteiger partial charge in [-0.15, -0.1) is 0 Å². The summed E-state index contributed by atoms with van der Waals surface area (Å²) in [5.41, 5.74) is 0. The highest BCUT2D eigenvalue weighted by Gasteiger charge is 2.21. The summed E-state index contributed by atoms with van der Waals surface area (Å²) >= 11 is 0. The molecule has 8 nitrogen and oxygen atoms in total. The van der Waals surface area contributed by atoms with Gasteiger partial charge in [0, 0.05) is 38.8 Å². The van der Waals surface area contributed by atoms with Crippen LogP contribution in [0, 0.1) is 0 Å². The summed E-state index contributed by atoms with van der Waals surface area (Å²) < 4.78 is 11.4. The highest BCUT2D eigenvalue weighted by atomic mass is 16.5. The molecule has 1 atom stereocenters. The van der Waals surface area contributed by atoms with Crippen LogP contribution in [-0.4, -0.2) is 86.7 Å². The third kappa shape index (κ3) is 7.74. The molecule has 1 aromatic rings. The predicted molar refractivity (Wildman–Crippen MR) is 120 cm³/mol. The van der Waals surface area contributed by atoms with Crippen molar-refractivity contribution in [3.05, 3.63) is 24.3 Å². The van der Waals surface area contributed by atoms with E-state index in [4.69, 9.17) is 14.5 Å². The topological polar surface area (TPSA) is 78.4 Å². The number of nitrogens with one attached hydrogen (secondary N) is 2. The number of amides is 1. The minimum Gasteiger partial charge on any atom is -0.493 e. The molecule has 0 radical (unpaired) electrons.